The smallest absolute Gasteiger partial charge is 0.416 e. The van der Waals surface area contributed by atoms with Gasteiger partial charge in [-0.3, -0.25) is 14.4 Å². The predicted molar refractivity (Wildman–Crippen MR) is 80.7 cm³/mol. The van der Waals surface area contributed by atoms with Gasteiger partial charge in [0.05, 0.1) is 18.0 Å². The number of hydrogen-bond acceptors (Lipinski definition) is 3. The number of rotatable bonds is 4. The Hall–Kier alpha value is -2.58. The molecule has 0 saturated carbocycles. The molecule has 2 amide bonds. The zero-order valence-electron chi connectivity index (χ0n) is 13.3. The number of alkyl halides is 3. The summed E-state index contributed by atoms with van der Waals surface area (Å²) in [5.74, 6) is -2.73. The molecule has 0 radical (unpaired) electrons. The normalized spacial score (nSPS) is 20.4. The Morgan fingerprint density at radius 2 is 1.84 bits per heavy atom. The summed E-state index contributed by atoms with van der Waals surface area (Å²) < 4.78 is 37.4. The lowest BCUT2D eigenvalue weighted by Gasteiger charge is -2.23. The van der Waals surface area contributed by atoms with E-state index in [1.807, 2.05) is 0 Å². The first-order valence-corrected chi connectivity index (χ1v) is 7.59. The first-order chi connectivity index (χ1) is 11.6. The van der Waals surface area contributed by atoms with E-state index in [1.54, 1.807) is 6.92 Å². The van der Waals surface area contributed by atoms with Crippen LogP contribution in [0.2, 0.25) is 0 Å². The first kappa shape index (κ1) is 18.8. The summed E-state index contributed by atoms with van der Waals surface area (Å²) in [6.07, 6.45) is -4.15. The zero-order chi connectivity index (χ0) is 18.8. The largest absolute Gasteiger partial charge is 0.481 e. The monoisotopic (exact) mass is 358 g/mol. The maximum Gasteiger partial charge on any atom is 0.416 e. The van der Waals surface area contributed by atoms with E-state index in [-0.39, 0.29) is 18.7 Å². The fraction of sp³-hybridized carbons (Fsp3) is 0.438. The highest BCUT2D eigenvalue weighted by molar-refractivity contribution is 5.96. The lowest BCUT2D eigenvalue weighted by molar-refractivity contribution is -0.143. The van der Waals surface area contributed by atoms with Crippen LogP contribution in [-0.2, 0) is 15.8 Å². The number of benzene rings is 1. The number of carboxylic acids is 1. The van der Waals surface area contributed by atoms with Gasteiger partial charge in [-0.05, 0) is 37.6 Å². The van der Waals surface area contributed by atoms with E-state index in [0.29, 0.717) is 6.42 Å². The van der Waals surface area contributed by atoms with Crippen LogP contribution in [0.3, 0.4) is 0 Å². The molecule has 9 heteroatoms. The van der Waals surface area contributed by atoms with E-state index in [9.17, 15) is 27.6 Å². The van der Waals surface area contributed by atoms with Crippen LogP contribution in [0, 0.1) is 5.92 Å². The van der Waals surface area contributed by atoms with Crippen molar-refractivity contribution >= 4 is 17.8 Å². The third-order valence-corrected chi connectivity index (χ3v) is 4.27. The second kappa shape index (κ2) is 7.12. The Morgan fingerprint density at radius 3 is 2.32 bits per heavy atom. The van der Waals surface area contributed by atoms with E-state index in [0.717, 1.165) is 24.3 Å². The van der Waals surface area contributed by atoms with Gasteiger partial charge in [0.15, 0.2) is 0 Å². The average Bonchev–Trinajstić information content (AvgIpc) is 2.93. The van der Waals surface area contributed by atoms with Crippen molar-refractivity contribution in [1.82, 2.24) is 10.2 Å². The van der Waals surface area contributed by atoms with E-state index in [1.165, 1.54) is 4.90 Å². The van der Waals surface area contributed by atoms with Gasteiger partial charge in [0, 0.05) is 18.2 Å². The van der Waals surface area contributed by atoms with E-state index >= 15 is 0 Å². The fourth-order valence-electron chi connectivity index (χ4n) is 2.79. The van der Waals surface area contributed by atoms with Gasteiger partial charge in [-0.15, -0.1) is 0 Å². The fourth-order valence-corrected chi connectivity index (χ4v) is 2.79. The number of likely N-dealkylation sites (tertiary alicyclic amines) is 1. The molecule has 2 rings (SSSR count). The lowest BCUT2D eigenvalue weighted by atomic mass is 10.0. The summed E-state index contributed by atoms with van der Waals surface area (Å²) in [5, 5.41) is 11.4. The van der Waals surface area contributed by atoms with Crippen LogP contribution in [-0.4, -0.2) is 46.9 Å². The number of carbonyl (C=O) groups excluding carboxylic acids is 2. The maximum absolute atomic E-state index is 12.5. The van der Waals surface area contributed by atoms with Crippen molar-refractivity contribution in [2.75, 3.05) is 13.1 Å². The lowest BCUT2D eigenvalue weighted by Crippen LogP contribution is -2.43. The molecule has 0 aromatic heterocycles. The number of nitrogens with one attached hydrogen (secondary N) is 1. The molecule has 1 aliphatic rings. The minimum absolute atomic E-state index is 0.00122. The highest BCUT2D eigenvalue weighted by Gasteiger charge is 2.38. The van der Waals surface area contributed by atoms with Crippen LogP contribution < -0.4 is 5.32 Å². The Balaban J connectivity index is 1.92. The molecule has 2 atom stereocenters. The predicted octanol–water partition coefficient (Wildman–Crippen LogP) is 1.76. The van der Waals surface area contributed by atoms with Crippen molar-refractivity contribution in [2.45, 2.75) is 25.6 Å². The Kier molecular flexibility index (Phi) is 5.34. The van der Waals surface area contributed by atoms with Gasteiger partial charge in [0.1, 0.15) is 0 Å². The van der Waals surface area contributed by atoms with Crippen molar-refractivity contribution in [3.8, 4) is 0 Å². The molecule has 0 aliphatic carbocycles. The third kappa shape index (κ3) is 4.28. The number of amides is 2. The van der Waals surface area contributed by atoms with Gasteiger partial charge in [0.25, 0.3) is 5.91 Å². The Morgan fingerprint density at radius 1 is 1.24 bits per heavy atom. The SMILES string of the molecule is CC1C(C(=O)O)CCN1C(=O)CNC(=O)c1ccc(C(F)(F)F)cc1. The topological polar surface area (TPSA) is 86.7 Å². The summed E-state index contributed by atoms with van der Waals surface area (Å²) in [5.41, 5.74) is -0.871. The molecule has 0 bridgehead atoms. The van der Waals surface area contributed by atoms with Crippen LogP contribution in [0.4, 0.5) is 13.2 Å². The minimum atomic E-state index is -4.49. The highest BCUT2D eigenvalue weighted by Crippen LogP contribution is 2.29. The molecule has 1 aromatic rings. The molecular formula is C16H17F3N2O4. The second-order valence-electron chi connectivity index (χ2n) is 5.82. The molecule has 1 saturated heterocycles. The van der Waals surface area contributed by atoms with Gasteiger partial charge >= 0.3 is 12.1 Å². The van der Waals surface area contributed by atoms with Gasteiger partial charge in [-0.2, -0.15) is 13.2 Å². The molecule has 0 spiro atoms. The summed E-state index contributed by atoms with van der Waals surface area (Å²) in [6, 6.07) is 3.16. The zero-order valence-corrected chi connectivity index (χ0v) is 13.3. The maximum atomic E-state index is 12.5. The summed E-state index contributed by atoms with van der Waals surface area (Å²) >= 11 is 0. The van der Waals surface area contributed by atoms with Gasteiger partial charge in [0.2, 0.25) is 5.91 Å². The second-order valence-corrected chi connectivity index (χ2v) is 5.82. The molecule has 2 N–H and O–H groups in total. The van der Waals surface area contributed by atoms with E-state index < -0.39 is 41.5 Å². The molecule has 136 valence electrons. The first-order valence-electron chi connectivity index (χ1n) is 7.59. The van der Waals surface area contributed by atoms with Crippen LogP contribution >= 0.6 is 0 Å². The molecule has 1 fully saturated rings. The number of hydrogen-bond donors (Lipinski definition) is 2. The number of carbonyl (C=O) groups is 3. The summed E-state index contributed by atoms with van der Waals surface area (Å²) in [4.78, 5) is 36.5. The molecule has 2 unspecified atom stereocenters. The van der Waals surface area contributed by atoms with Gasteiger partial charge < -0.3 is 15.3 Å². The van der Waals surface area contributed by atoms with Crippen LogP contribution in [0.15, 0.2) is 24.3 Å². The van der Waals surface area contributed by atoms with Crippen LogP contribution in [0.1, 0.15) is 29.3 Å². The highest BCUT2D eigenvalue weighted by atomic mass is 19.4. The quantitative estimate of drug-likeness (QED) is 0.859. The Bertz CT molecular complexity index is 673. The molecule has 1 aliphatic heterocycles. The molecule has 1 aromatic carbocycles. The van der Waals surface area contributed by atoms with Crippen LogP contribution in [0.25, 0.3) is 0 Å². The summed E-state index contributed by atoms with van der Waals surface area (Å²) in [6.45, 7) is 1.56. The van der Waals surface area contributed by atoms with Crippen molar-refractivity contribution in [1.29, 1.82) is 0 Å². The molecule has 6 nitrogen and oxygen atoms in total. The van der Waals surface area contributed by atoms with E-state index in [2.05, 4.69) is 5.32 Å². The van der Waals surface area contributed by atoms with Gasteiger partial charge in [-0.1, -0.05) is 0 Å². The van der Waals surface area contributed by atoms with Crippen molar-refractivity contribution in [2.24, 2.45) is 5.92 Å². The average molecular weight is 358 g/mol. The molecular weight excluding hydrogens is 341 g/mol. The number of nitrogens with zero attached hydrogens (tertiary/aromatic N) is 1. The third-order valence-electron chi connectivity index (χ3n) is 4.27. The molecule has 25 heavy (non-hydrogen) atoms. The van der Waals surface area contributed by atoms with Crippen LogP contribution in [0.5, 0.6) is 0 Å². The van der Waals surface area contributed by atoms with Crippen molar-refractivity contribution in [3.63, 3.8) is 0 Å². The van der Waals surface area contributed by atoms with Crippen molar-refractivity contribution < 1.29 is 32.7 Å². The standard InChI is InChI=1S/C16H17F3N2O4/c1-9-12(15(24)25)6-7-21(9)13(22)8-20-14(23)10-2-4-11(5-3-10)16(17,18)19/h2-5,9,12H,6-8H2,1H3,(H,20,23)(H,24,25). The van der Waals surface area contributed by atoms with Gasteiger partial charge in [-0.25, -0.2) is 0 Å². The van der Waals surface area contributed by atoms with E-state index in [4.69, 9.17) is 5.11 Å². The summed E-state index contributed by atoms with van der Waals surface area (Å²) in [7, 11) is 0. The number of halogens is 3. The number of aliphatic carboxylic acids is 1. The molecule has 1 heterocycles. The minimum Gasteiger partial charge on any atom is -0.481 e. The Labute approximate surface area is 141 Å². The number of carboxylic acid groups (broad SMARTS) is 1. The van der Waals surface area contributed by atoms with Crippen molar-refractivity contribution in [3.05, 3.63) is 35.4 Å².